The van der Waals surface area contributed by atoms with Crippen LogP contribution in [0.1, 0.15) is 31.4 Å². The van der Waals surface area contributed by atoms with Gasteiger partial charge in [-0.3, -0.25) is 0 Å². The number of aliphatic hydroxyl groups is 1. The highest BCUT2D eigenvalue weighted by Gasteiger charge is 2.18. The number of rotatable bonds is 6. The predicted molar refractivity (Wildman–Crippen MR) is 85.7 cm³/mol. The fraction of sp³-hybridized carbons (Fsp3) is 0.278. The molecule has 4 heteroatoms. The molecule has 0 fully saturated rings. The summed E-state index contributed by atoms with van der Waals surface area (Å²) in [5.41, 5.74) is 0.781. The average molecular weight is 300 g/mol. The maximum absolute atomic E-state index is 10.6. The molecule has 0 aliphatic rings. The summed E-state index contributed by atoms with van der Waals surface area (Å²) in [5.74, 6) is -0.785. The van der Waals surface area contributed by atoms with Gasteiger partial charge in [0.1, 0.15) is 5.75 Å². The van der Waals surface area contributed by atoms with Crippen molar-refractivity contribution >= 4 is 16.7 Å². The van der Waals surface area contributed by atoms with E-state index in [1.807, 2.05) is 31.2 Å². The number of aromatic hydroxyl groups is 1. The van der Waals surface area contributed by atoms with Gasteiger partial charge in [0, 0.05) is 11.5 Å². The third-order valence-corrected chi connectivity index (χ3v) is 3.84. The summed E-state index contributed by atoms with van der Waals surface area (Å²) in [6.07, 6.45) is 3.33. The molecule has 116 valence electrons. The molecule has 0 bridgehead atoms. The van der Waals surface area contributed by atoms with Gasteiger partial charge in [-0.05, 0) is 35.8 Å². The quantitative estimate of drug-likeness (QED) is 0.712. The Labute approximate surface area is 129 Å². The number of carbonyl (C=O) groups is 1. The number of phenolic OH excluding ortho intramolecular Hbond substituents is 1. The van der Waals surface area contributed by atoms with Crippen molar-refractivity contribution in [3.8, 4) is 5.75 Å². The summed E-state index contributed by atoms with van der Waals surface area (Å²) < 4.78 is 0. The van der Waals surface area contributed by atoms with Crippen LogP contribution in [0, 0.1) is 5.92 Å². The second-order valence-corrected chi connectivity index (χ2v) is 5.46. The molecule has 2 rings (SSSR count). The second-order valence-electron chi connectivity index (χ2n) is 5.46. The summed E-state index contributed by atoms with van der Waals surface area (Å²) >= 11 is 0. The van der Waals surface area contributed by atoms with Crippen molar-refractivity contribution in [2.24, 2.45) is 5.92 Å². The maximum atomic E-state index is 10.6. The van der Waals surface area contributed by atoms with E-state index < -0.39 is 12.1 Å². The molecular weight excluding hydrogens is 280 g/mol. The van der Waals surface area contributed by atoms with Gasteiger partial charge >= 0.3 is 5.97 Å². The number of aliphatic hydroxyl groups excluding tert-OH is 1. The van der Waals surface area contributed by atoms with Crippen LogP contribution in [-0.2, 0) is 4.79 Å². The second kappa shape index (κ2) is 7.09. The van der Waals surface area contributed by atoms with Gasteiger partial charge < -0.3 is 15.3 Å². The van der Waals surface area contributed by atoms with Crippen molar-refractivity contribution < 1.29 is 20.1 Å². The van der Waals surface area contributed by atoms with E-state index in [-0.39, 0.29) is 11.7 Å². The minimum Gasteiger partial charge on any atom is -0.507 e. The van der Waals surface area contributed by atoms with Gasteiger partial charge in [0.2, 0.25) is 0 Å². The number of carboxylic acid groups (broad SMARTS) is 1. The number of benzene rings is 2. The Balaban J connectivity index is 2.17. The largest absolute Gasteiger partial charge is 0.507 e. The smallest absolute Gasteiger partial charge is 0.327 e. The molecule has 22 heavy (non-hydrogen) atoms. The third-order valence-electron chi connectivity index (χ3n) is 3.84. The Kier molecular flexibility index (Phi) is 5.17. The number of phenols is 1. The summed E-state index contributed by atoms with van der Waals surface area (Å²) in [4.78, 5) is 10.4. The Morgan fingerprint density at radius 3 is 2.55 bits per heavy atom. The van der Waals surface area contributed by atoms with Gasteiger partial charge in [-0.1, -0.05) is 43.3 Å². The Morgan fingerprint density at radius 2 is 1.86 bits per heavy atom. The van der Waals surface area contributed by atoms with Crippen molar-refractivity contribution in [1.82, 2.24) is 0 Å². The summed E-state index contributed by atoms with van der Waals surface area (Å²) in [6, 6.07) is 10.8. The Hall–Kier alpha value is -2.33. The molecule has 0 aromatic heterocycles. The monoisotopic (exact) mass is 300 g/mol. The molecule has 0 aliphatic carbocycles. The molecule has 0 spiro atoms. The fourth-order valence-corrected chi connectivity index (χ4v) is 2.57. The van der Waals surface area contributed by atoms with Crippen LogP contribution in [0.25, 0.3) is 10.8 Å². The Bertz CT molecular complexity index is 691. The van der Waals surface area contributed by atoms with E-state index in [9.17, 15) is 15.0 Å². The van der Waals surface area contributed by atoms with E-state index in [4.69, 9.17) is 5.11 Å². The summed E-state index contributed by atoms with van der Waals surface area (Å²) in [6.45, 7) is 1.93. The zero-order chi connectivity index (χ0) is 16.1. The molecule has 0 unspecified atom stereocenters. The van der Waals surface area contributed by atoms with Gasteiger partial charge in [0.15, 0.2) is 0 Å². The first-order valence-corrected chi connectivity index (χ1v) is 7.29. The third kappa shape index (κ3) is 3.65. The predicted octanol–water partition coefficient (Wildman–Crippen LogP) is 3.64. The lowest BCUT2D eigenvalue weighted by Gasteiger charge is -2.20. The van der Waals surface area contributed by atoms with Gasteiger partial charge in [0.05, 0.1) is 6.10 Å². The van der Waals surface area contributed by atoms with Crippen LogP contribution in [0.2, 0.25) is 0 Å². The highest BCUT2D eigenvalue weighted by Crippen LogP contribution is 2.34. The first-order chi connectivity index (χ1) is 10.5. The molecule has 2 aromatic rings. The number of fused-ring (bicyclic) bond motifs is 1. The highest BCUT2D eigenvalue weighted by atomic mass is 16.4. The molecule has 4 nitrogen and oxygen atoms in total. The molecule has 0 aliphatic heterocycles. The van der Waals surface area contributed by atoms with Crippen LogP contribution in [0.5, 0.6) is 5.75 Å². The molecule has 0 amide bonds. The molecule has 0 heterocycles. The van der Waals surface area contributed by atoms with Gasteiger partial charge in [0.25, 0.3) is 0 Å². The standard InChI is InChI=1S/C18H20O4/c1-12(6-2-5-9-17(20)21)18(22)15-10-11-16(19)14-8-4-3-7-13(14)15/h3-5,7-12,18-19,22H,2,6H2,1H3,(H,20,21)/b9-5+/t12-,18+/m0/s1. The number of aliphatic carboxylic acids is 1. The normalized spacial score (nSPS) is 14.3. The van der Waals surface area contributed by atoms with Crippen LogP contribution >= 0.6 is 0 Å². The van der Waals surface area contributed by atoms with Crippen molar-refractivity contribution in [2.45, 2.75) is 25.9 Å². The zero-order valence-electron chi connectivity index (χ0n) is 12.4. The average Bonchev–Trinajstić information content (AvgIpc) is 2.51. The fourth-order valence-electron chi connectivity index (χ4n) is 2.57. The van der Waals surface area contributed by atoms with E-state index in [0.29, 0.717) is 12.8 Å². The molecule has 3 N–H and O–H groups in total. The SMILES string of the molecule is C[C@@H](CC/C=C/C(=O)O)[C@@H](O)c1ccc(O)c2ccccc12. The molecule has 0 saturated carbocycles. The first kappa shape index (κ1) is 16.0. The van der Waals surface area contributed by atoms with Crippen molar-refractivity contribution in [3.63, 3.8) is 0 Å². The maximum Gasteiger partial charge on any atom is 0.327 e. The lowest BCUT2D eigenvalue weighted by atomic mass is 9.90. The lowest BCUT2D eigenvalue weighted by Crippen LogP contribution is -2.09. The van der Waals surface area contributed by atoms with Crippen LogP contribution in [0.4, 0.5) is 0 Å². The van der Waals surface area contributed by atoms with Gasteiger partial charge in [-0.25, -0.2) is 4.79 Å². The molecule has 0 saturated heterocycles. The minimum absolute atomic E-state index is 0.0219. The topological polar surface area (TPSA) is 77.8 Å². The van der Waals surface area contributed by atoms with Crippen LogP contribution in [0.15, 0.2) is 48.6 Å². The van der Waals surface area contributed by atoms with E-state index in [1.165, 1.54) is 0 Å². The number of hydrogen-bond acceptors (Lipinski definition) is 3. The molecule has 2 aromatic carbocycles. The van der Waals surface area contributed by atoms with Crippen LogP contribution < -0.4 is 0 Å². The van der Waals surface area contributed by atoms with Crippen LogP contribution in [0.3, 0.4) is 0 Å². The Morgan fingerprint density at radius 1 is 1.18 bits per heavy atom. The van der Waals surface area contributed by atoms with Crippen molar-refractivity contribution in [1.29, 1.82) is 0 Å². The van der Waals surface area contributed by atoms with Gasteiger partial charge in [-0.15, -0.1) is 0 Å². The summed E-state index contributed by atoms with van der Waals surface area (Å²) in [5, 5.41) is 30.6. The number of hydrogen-bond donors (Lipinski definition) is 3. The van der Waals surface area contributed by atoms with Gasteiger partial charge in [-0.2, -0.15) is 0 Å². The molecule has 0 radical (unpaired) electrons. The van der Waals surface area contributed by atoms with Crippen molar-refractivity contribution in [2.75, 3.05) is 0 Å². The van der Waals surface area contributed by atoms with Crippen molar-refractivity contribution in [3.05, 3.63) is 54.1 Å². The van der Waals surface area contributed by atoms with E-state index in [1.54, 1.807) is 18.2 Å². The zero-order valence-corrected chi connectivity index (χ0v) is 12.4. The molecular formula is C18H20O4. The summed E-state index contributed by atoms with van der Waals surface area (Å²) in [7, 11) is 0. The number of carboxylic acids is 1. The van der Waals surface area contributed by atoms with Crippen LogP contribution in [-0.4, -0.2) is 21.3 Å². The number of allylic oxidation sites excluding steroid dienone is 1. The highest BCUT2D eigenvalue weighted by molar-refractivity contribution is 5.91. The van der Waals surface area contributed by atoms with E-state index in [0.717, 1.165) is 22.4 Å². The minimum atomic E-state index is -0.960. The lowest BCUT2D eigenvalue weighted by molar-refractivity contribution is -0.131. The van der Waals surface area contributed by atoms with E-state index >= 15 is 0 Å². The molecule has 2 atom stereocenters. The first-order valence-electron chi connectivity index (χ1n) is 7.29. The van der Waals surface area contributed by atoms with E-state index in [2.05, 4.69) is 0 Å².